The van der Waals surface area contributed by atoms with E-state index in [1.165, 1.54) is 35.9 Å². The number of aromatic hydroxyl groups is 1. The number of aromatic nitrogens is 2. The zero-order chi connectivity index (χ0) is 20.9. The molecule has 0 amide bonds. The van der Waals surface area contributed by atoms with E-state index >= 15 is 0 Å². The summed E-state index contributed by atoms with van der Waals surface area (Å²) in [4.78, 5) is 20.6. The van der Waals surface area contributed by atoms with Crippen molar-refractivity contribution >= 4 is 38.8 Å². The number of hydrogen-bond donors (Lipinski definition) is 1. The van der Waals surface area contributed by atoms with E-state index in [0.29, 0.717) is 32.5 Å². The van der Waals surface area contributed by atoms with Gasteiger partial charge >= 0.3 is 5.69 Å². The van der Waals surface area contributed by atoms with Crippen LogP contribution in [-0.2, 0) is 0 Å². The zero-order valence-electron chi connectivity index (χ0n) is 15.2. The Morgan fingerprint density at radius 1 is 1.17 bits per heavy atom. The average molecular weight is 430 g/mol. The lowest BCUT2D eigenvalue weighted by Gasteiger charge is -2.14. The maximum absolute atomic E-state index is 13.5. The van der Waals surface area contributed by atoms with Gasteiger partial charge in [0, 0.05) is 16.0 Å². The lowest BCUT2D eigenvalue weighted by molar-refractivity contribution is -0.386. The molecule has 0 atom stereocenters. The highest BCUT2D eigenvalue weighted by atomic mass is 35.5. The average Bonchev–Trinajstić information content (AvgIpc) is 3.02. The van der Waals surface area contributed by atoms with Gasteiger partial charge in [0.1, 0.15) is 22.1 Å². The highest BCUT2D eigenvalue weighted by Gasteiger charge is 2.28. The predicted octanol–water partition coefficient (Wildman–Crippen LogP) is 6.05. The third-order valence-corrected chi connectivity index (χ3v) is 6.13. The van der Waals surface area contributed by atoms with E-state index in [-0.39, 0.29) is 16.7 Å². The number of nitrogens with zero attached hydrogens (tertiary/aromatic N) is 3. The Labute approximate surface area is 173 Å². The first kappa shape index (κ1) is 19.2. The monoisotopic (exact) mass is 429 g/mol. The standard InChI is InChI=1S/C20H13ClFN3O3S/c1-9-7-13(26)17(25(27)28)10(2)14(9)15-16-19(21)23-8-24-20(16)29-18(15)11-3-5-12(22)6-4-11/h3-8,26H,1-2H3. The second kappa shape index (κ2) is 7.06. The summed E-state index contributed by atoms with van der Waals surface area (Å²) in [5, 5.41) is 22.4. The van der Waals surface area contributed by atoms with Gasteiger partial charge in [-0.1, -0.05) is 23.7 Å². The smallest absolute Gasteiger partial charge is 0.314 e. The van der Waals surface area contributed by atoms with Crippen molar-refractivity contribution in [3.63, 3.8) is 0 Å². The van der Waals surface area contributed by atoms with E-state index in [9.17, 15) is 19.6 Å². The van der Waals surface area contributed by atoms with Crippen molar-refractivity contribution < 1.29 is 14.4 Å². The number of rotatable bonds is 3. The van der Waals surface area contributed by atoms with Gasteiger partial charge in [0.05, 0.1) is 10.3 Å². The fourth-order valence-corrected chi connectivity index (χ4v) is 4.95. The van der Waals surface area contributed by atoms with Gasteiger partial charge in [-0.2, -0.15) is 0 Å². The third-order valence-electron chi connectivity index (χ3n) is 4.70. The highest BCUT2D eigenvalue weighted by molar-refractivity contribution is 7.22. The van der Waals surface area contributed by atoms with E-state index in [0.717, 1.165) is 10.4 Å². The second-order valence-electron chi connectivity index (χ2n) is 6.48. The second-order valence-corrected chi connectivity index (χ2v) is 7.83. The molecule has 9 heteroatoms. The van der Waals surface area contributed by atoms with Crippen LogP contribution in [0.2, 0.25) is 5.15 Å². The zero-order valence-corrected chi connectivity index (χ0v) is 16.8. The fraction of sp³-hybridized carbons (Fsp3) is 0.100. The summed E-state index contributed by atoms with van der Waals surface area (Å²) in [6.45, 7) is 3.33. The Balaban J connectivity index is 2.17. The minimum absolute atomic E-state index is 0.212. The molecule has 0 unspecified atom stereocenters. The molecule has 0 aliphatic heterocycles. The van der Waals surface area contributed by atoms with Crippen molar-refractivity contribution in [2.45, 2.75) is 13.8 Å². The van der Waals surface area contributed by atoms with E-state index < -0.39 is 10.7 Å². The van der Waals surface area contributed by atoms with Crippen LogP contribution < -0.4 is 0 Å². The van der Waals surface area contributed by atoms with Crippen LogP contribution in [0.25, 0.3) is 31.8 Å². The number of phenolic OH excluding ortho intramolecular Hbond substituents is 1. The number of benzene rings is 2. The summed E-state index contributed by atoms with van der Waals surface area (Å²) < 4.78 is 13.5. The van der Waals surface area contributed by atoms with Crippen molar-refractivity contribution in [3.05, 3.63) is 68.9 Å². The van der Waals surface area contributed by atoms with Gasteiger partial charge in [-0.3, -0.25) is 10.1 Å². The maximum Gasteiger partial charge on any atom is 0.314 e. The number of phenols is 1. The van der Waals surface area contributed by atoms with Gasteiger partial charge in [0.15, 0.2) is 5.75 Å². The molecule has 1 N–H and O–H groups in total. The number of nitro benzene ring substituents is 1. The molecule has 0 fully saturated rings. The summed E-state index contributed by atoms with van der Waals surface area (Å²) in [6, 6.07) is 7.30. The summed E-state index contributed by atoms with van der Waals surface area (Å²) in [5.41, 5.74) is 2.47. The molecule has 4 aromatic rings. The van der Waals surface area contributed by atoms with Crippen molar-refractivity contribution in [2.24, 2.45) is 0 Å². The quantitative estimate of drug-likeness (QED) is 0.243. The van der Waals surface area contributed by atoms with E-state index in [4.69, 9.17) is 11.6 Å². The van der Waals surface area contributed by atoms with E-state index in [1.54, 1.807) is 26.0 Å². The SMILES string of the molecule is Cc1cc(O)c([N+](=O)[O-])c(C)c1-c1c(-c2ccc(F)cc2)sc2ncnc(Cl)c12. The van der Waals surface area contributed by atoms with Crippen molar-refractivity contribution in [1.29, 1.82) is 0 Å². The molecule has 146 valence electrons. The largest absolute Gasteiger partial charge is 0.502 e. The number of aryl methyl sites for hydroxylation is 1. The van der Waals surface area contributed by atoms with Gasteiger partial charge in [0.25, 0.3) is 0 Å². The highest BCUT2D eigenvalue weighted by Crippen LogP contribution is 2.50. The number of nitro groups is 1. The van der Waals surface area contributed by atoms with Crippen LogP contribution >= 0.6 is 22.9 Å². The minimum atomic E-state index is -0.613. The number of halogens is 2. The summed E-state index contributed by atoms with van der Waals surface area (Å²) in [5.74, 6) is -0.777. The third kappa shape index (κ3) is 3.10. The number of hydrogen-bond acceptors (Lipinski definition) is 6. The Bertz CT molecular complexity index is 1290. The van der Waals surface area contributed by atoms with Crippen LogP contribution in [0.15, 0.2) is 36.7 Å². The topological polar surface area (TPSA) is 89.2 Å². The first-order valence-electron chi connectivity index (χ1n) is 8.46. The molecule has 0 radical (unpaired) electrons. The molecule has 0 aliphatic carbocycles. The Morgan fingerprint density at radius 3 is 2.52 bits per heavy atom. The molecule has 2 heterocycles. The van der Waals surface area contributed by atoms with Crippen LogP contribution in [0.1, 0.15) is 11.1 Å². The Hall–Kier alpha value is -3.10. The van der Waals surface area contributed by atoms with Crippen LogP contribution in [-0.4, -0.2) is 20.0 Å². The lowest BCUT2D eigenvalue weighted by atomic mass is 9.91. The Morgan fingerprint density at radius 2 is 1.86 bits per heavy atom. The molecule has 0 saturated heterocycles. The van der Waals surface area contributed by atoms with Gasteiger partial charge in [-0.05, 0) is 48.7 Å². The molecule has 4 rings (SSSR count). The van der Waals surface area contributed by atoms with E-state index in [1.807, 2.05) is 0 Å². The van der Waals surface area contributed by atoms with Crippen molar-refractivity contribution in [1.82, 2.24) is 9.97 Å². The molecule has 0 aliphatic rings. The van der Waals surface area contributed by atoms with Gasteiger partial charge in [0.2, 0.25) is 0 Å². The molecule has 2 aromatic heterocycles. The number of fused-ring (bicyclic) bond motifs is 1. The lowest BCUT2D eigenvalue weighted by Crippen LogP contribution is -1.98. The first-order chi connectivity index (χ1) is 13.8. The van der Waals surface area contributed by atoms with Crippen LogP contribution in [0.3, 0.4) is 0 Å². The summed E-state index contributed by atoms with van der Waals surface area (Å²) in [7, 11) is 0. The van der Waals surface area contributed by atoms with Crippen molar-refractivity contribution in [3.8, 4) is 27.3 Å². The maximum atomic E-state index is 13.5. The number of thiophene rings is 1. The van der Waals surface area contributed by atoms with Gasteiger partial charge in [-0.15, -0.1) is 11.3 Å². The minimum Gasteiger partial charge on any atom is -0.502 e. The fourth-order valence-electron chi connectivity index (χ4n) is 3.51. The molecule has 2 aromatic carbocycles. The Kier molecular flexibility index (Phi) is 4.68. The van der Waals surface area contributed by atoms with Crippen LogP contribution in [0.4, 0.5) is 10.1 Å². The molecule has 6 nitrogen and oxygen atoms in total. The molecule has 29 heavy (non-hydrogen) atoms. The summed E-state index contributed by atoms with van der Waals surface area (Å²) in [6.07, 6.45) is 1.35. The van der Waals surface area contributed by atoms with Gasteiger partial charge in [-0.25, -0.2) is 14.4 Å². The van der Waals surface area contributed by atoms with Crippen LogP contribution in [0, 0.1) is 29.8 Å². The summed E-state index contributed by atoms with van der Waals surface area (Å²) >= 11 is 7.73. The van der Waals surface area contributed by atoms with Crippen molar-refractivity contribution in [2.75, 3.05) is 0 Å². The predicted molar refractivity (Wildman–Crippen MR) is 111 cm³/mol. The molecule has 0 spiro atoms. The molecular formula is C20H13ClFN3O3S. The normalized spacial score (nSPS) is 11.2. The molecular weight excluding hydrogens is 417 g/mol. The van der Waals surface area contributed by atoms with Crippen LogP contribution in [0.5, 0.6) is 5.75 Å². The van der Waals surface area contributed by atoms with E-state index in [2.05, 4.69) is 9.97 Å². The molecule has 0 saturated carbocycles. The van der Waals surface area contributed by atoms with Gasteiger partial charge < -0.3 is 5.11 Å². The first-order valence-corrected chi connectivity index (χ1v) is 9.66. The molecule has 0 bridgehead atoms.